The van der Waals surface area contributed by atoms with Crippen LogP contribution in [0.25, 0.3) is 16.9 Å². The highest BCUT2D eigenvalue weighted by Gasteiger charge is 2.13. The summed E-state index contributed by atoms with van der Waals surface area (Å²) in [6.07, 6.45) is 1.44. The Balaban J connectivity index is 1.30. The van der Waals surface area contributed by atoms with Crippen molar-refractivity contribution >= 4 is 17.8 Å². The van der Waals surface area contributed by atoms with E-state index in [2.05, 4.69) is 26.0 Å². The summed E-state index contributed by atoms with van der Waals surface area (Å²) < 4.78 is 11.6. The Morgan fingerprint density at radius 2 is 1.87 bits per heavy atom. The maximum atomic E-state index is 12.1. The molecular weight excluding hydrogens is 388 g/mol. The van der Waals surface area contributed by atoms with Crippen LogP contribution < -0.4 is 5.32 Å². The van der Waals surface area contributed by atoms with Crippen molar-refractivity contribution in [1.29, 1.82) is 0 Å². The van der Waals surface area contributed by atoms with E-state index >= 15 is 0 Å². The Morgan fingerprint density at radius 3 is 2.57 bits per heavy atom. The van der Waals surface area contributed by atoms with Crippen LogP contribution in [-0.2, 0) is 9.53 Å². The zero-order valence-electron chi connectivity index (χ0n) is 15.8. The SMILES string of the molecule is Cc1ccc(-c2cc(NC(=O)COC(=O)c3ccc(-n4cnnn4)cc3)on2)cc1. The lowest BCUT2D eigenvalue weighted by Gasteiger charge is -2.05. The van der Waals surface area contributed by atoms with Gasteiger partial charge in [-0.15, -0.1) is 5.10 Å². The molecule has 4 rings (SSSR count). The van der Waals surface area contributed by atoms with Gasteiger partial charge in [0.25, 0.3) is 5.91 Å². The van der Waals surface area contributed by atoms with Gasteiger partial charge in [0.05, 0.1) is 11.3 Å². The Morgan fingerprint density at radius 1 is 1.10 bits per heavy atom. The normalized spacial score (nSPS) is 10.6. The molecule has 2 heterocycles. The summed E-state index contributed by atoms with van der Waals surface area (Å²) in [7, 11) is 0. The number of anilines is 1. The summed E-state index contributed by atoms with van der Waals surface area (Å²) in [6, 6.07) is 15.8. The molecule has 0 bridgehead atoms. The first kappa shape index (κ1) is 19.0. The molecule has 2 aromatic carbocycles. The zero-order valence-corrected chi connectivity index (χ0v) is 15.8. The number of esters is 1. The molecule has 4 aromatic rings. The quantitative estimate of drug-likeness (QED) is 0.486. The number of amides is 1. The van der Waals surface area contributed by atoms with Crippen molar-refractivity contribution in [3.05, 3.63) is 72.1 Å². The number of aromatic nitrogens is 5. The molecule has 0 atom stereocenters. The molecule has 1 amide bonds. The van der Waals surface area contributed by atoms with Crippen molar-refractivity contribution in [2.75, 3.05) is 11.9 Å². The molecule has 30 heavy (non-hydrogen) atoms. The van der Waals surface area contributed by atoms with Gasteiger partial charge < -0.3 is 9.26 Å². The summed E-state index contributed by atoms with van der Waals surface area (Å²) in [4.78, 5) is 24.2. The molecule has 0 radical (unpaired) electrons. The van der Waals surface area contributed by atoms with Crippen LogP contribution in [0.4, 0.5) is 5.88 Å². The fraction of sp³-hybridized carbons (Fsp3) is 0.100. The van der Waals surface area contributed by atoms with Gasteiger partial charge in [-0.3, -0.25) is 10.1 Å². The van der Waals surface area contributed by atoms with E-state index in [1.165, 1.54) is 11.0 Å². The van der Waals surface area contributed by atoms with Crippen molar-refractivity contribution in [3.8, 4) is 16.9 Å². The summed E-state index contributed by atoms with van der Waals surface area (Å²) in [5.41, 5.74) is 3.55. The van der Waals surface area contributed by atoms with Crippen LogP contribution in [0.2, 0.25) is 0 Å². The summed E-state index contributed by atoms with van der Waals surface area (Å²) in [6.45, 7) is 1.52. The monoisotopic (exact) mass is 404 g/mol. The number of hydrogen-bond acceptors (Lipinski definition) is 8. The number of rotatable bonds is 6. The highest BCUT2D eigenvalue weighted by Crippen LogP contribution is 2.22. The number of carbonyl (C=O) groups excluding carboxylic acids is 2. The third kappa shape index (κ3) is 4.38. The minimum atomic E-state index is -0.633. The highest BCUT2D eigenvalue weighted by atomic mass is 16.5. The number of nitrogens with zero attached hydrogens (tertiary/aromatic N) is 5. The third-order valence-electron chi connectivity index (χ3n) is 4.17. The highest BCUT2D eigenvalue weighted by molar-refractivity contribution is 5.95. The zero-order chi connectivity index (χ0) is 20.9. The number of ether oxygens (including phenoxy) is 1. The lowest BCUT2D eigenvalue weighted by atomic mass is 10.1. The molecule has 0 saturated heterocycles. The van der Waals surface area contributed by atoms with Gasteiger partial charge in [0.2, 0.25) is 5.88 Å². The lowest BCUT2D eigenvalue weighted by Crippen LogP contribution is -2.20. The second kappa shape index (κ2) is 8.35. The topological polar surface area (TPSA) is 125 Å². The third-order valence-corrected chi connectivity index (χ3v) is 4.17. The van der Waals surface area contributed by atoms with Crippen LogP contribution in [0.5, 0.6) is 0 Å². The van der Waals surface area contributed by atoms with Crippen LogP contribution in [0.3, 0.4) is 0 Å². The molecule has 1 N–H and O–H groups in total. The number of carbonyl (C=O) groups is 2. The second-order valence-electron chi connectivity index (χ2n) is 6.37. The van der Waals surface area contributed by atoms with Crippen LogP contribution in [0.1, 0.15) is 15.9 Å². The average molecular weight is 404 g/mol. The summed E-state index contributed by atoms with van der Waals surface area (Å²) >= 11 is 0. The van der Waals surface area contributed by atoms with Gasteiger partial charge in [0.15, 0.2) is 6.61 Å². The minimum absolute atomic E-state index is 0.164. The number of tetrazole rings is 1. The standard InChI is InChI=1S/C20H16N6O4/c1-13-2-4-14(5-3-13)17-10-19(30-23-17)22-18(27)11-29-20(28)15-6-8-16(9-7-15)26-12-21-24-25-26/h2-10,12H,11H2,1H3,(H,22,27). The van der Waals surface area contributed by atoms with Gasteiger partial charge in [-0.25, -0.2) is 9.48 Å². The Kier molecular flexibility index (Phi) is 5.29. The predicted octanol–water partition coefficient (Wildman–Crippen LogP) is 2.42. The van der Waals surface area contributed by atoms with Gasteiger partial charge in [0.1, 0.15) is 12.0 Å². The molecule has 10 nitrogen and oxygen atoms in total. The molecule has 0 aliphatic heterocycles. The number of aryl methyl sites for hydroxylation is 1. The van der Waals surface area contributed by atoms with Crippen molar-refractivity contribution in [1.82, 2.24) is 25.4 Å². The Bertz CT molecular complexity index is 1150. The van der Waals surface area contributed by atoms with E-state index in [0.29, 0.717) is 16.9 Å². The van der Waals surface area contributed by atoms with Crippen LogP contribution in [0, 0.1) is 6.92 Å². The van der Waals surface area contributed by atoms with Crippen molar-refractivity contribution in [2.45, 2.75) is 6.92 Å². The fourth-order valence-electron chi connectivity index (χ4n) is 2.61. The van der Waals surface area contributed by atoms with Crippen molar-refractivity contribution in [3.63, 3.8) is 0 Å². The maximum Gasteiger partial charge on any atom is 0.338 e. The van der Waals surface area contributed by atoms with Crippen LogP contribution in [0.15, 0.2) is 65.4 Å². The molecule has 10 heteroatoms. The molecule has 0 fully saturated rings. The van der Waals surface area contributed by atoms with E-state index in [4.69, 9.17) is 9.26 Å². The molecular formula is C20H16N6O4. The first-order valence-corrected chi connectivity index (χ1v) is 8.92. The summed E-state index contributed by atoms with van der Waals surface area (Å²) in [5, 5.41) is 17.3. The lowest BCUT2D eigenvalue weighted by molar-refractivity contribution is -0.119. The van der Waals surface area contributed by atoms with Gasteiger partial charge in [-0.05, 0) is 41.6 Å². The summed E-state index contributed by atoms with van der Waals surface area (Å²) in [5.74, 6) is -1.01. The Hall–Kier alpha value is -4.34. The maximum absolute atomic E-state index is 12.1. The van der Waals surface area contributed by atoms with Crippen molar-refractivity contribution < 1.29 is 18.8 Å². The molecule has 0 unspecified atom stereocenters. The van der Waals surface area contributed by atoms with Gasteiger partial charge >= 0.3 is 5.97 Å². The van der Waals surface area contributed by atoms with E-state index in [1.807, 2.05) is 31.2 Å². The first-order chi connectivity index (χ1) is 14.6. The molecule has 0 aliphatic carbocycles. The predicted molar refractivity (Wildman–Crippen MR) is 105 cm³/mol. The van der Waals surface area contributed by atoms with E-state index in [1.54, 1.807) is 30.3 Å². The first-order valence-electron chi connectivity index (χ1n) is 8.92. The second-order valence-corrected chi connectivity index (χ2v) is 6.37. The van der Waals surface area contributed by atoms with Crippen LogP contribution >= 0.6 is 0 Å². The average Bonchev–Trinajstić information content (AvgIpc) is 3.45. The van der Waals surface area contributed by atoms with Crippen LogP contribution in [-0.4, -0.2) is 43.8 Å². The van der Waals surface area contributed by atoms with E-state index in [9.17, 15) is 9.59 Å². The molecule has 0 saturated carbocycles. The fourth-order valence-corrected chi connectivity index (χ4v) is 2.61. The molecule has 150 valence electrons. The minimum Gasteiger partial charge on any atom is -0.452 e. The van der Waals surface area contributed by atoms with E-state index < -0.39 is 18.5 Å². The number of hydrogen-bond donors (Lipinski definition) is 1. The Labute approximate surface area is 170 Å². The van der Waals surface area contributed by atoms with E-state index in [0.717, 1.165) is 11.1 Å². The van der Waals surface area contributed by atoms with Crippen molar-refractivity contribution in [2.24, 2.45) is 0 Å². The van der Waals surface area contributed by atoms with Gasteiger partial charge in [-0.1, -0.05) is 35.0 Å². The number of nitrogens with one attached hydrogen (secondary N) is 1. The van der Waals surface area contributed by atoms with Gasteiger partial charge in [0, 0.05) is 11.6 Å². The molecule has 2 aromatic heterocycles. The smallest absolute Gasteiger partial charge is 0.338 e. The number of benzene rings is 2. The molecule has 0 spiro atoms. The van der Waals surface area contributed by atoms with Gasteiger partial charge in [-0.2, -0.15) is 0 Å². The van der Waals surface area contributed by atoms with E-state index in [-0.39, 0.29) is 5.88 Å². The molecule has 0 aliphatic rings. The largest absolute Gasteiger partial charge is 0.452 e.